The van der Waals surface area contributed by atoms with Gasteiger partial charge in [0.05, 0.1) is 11.9 Å². The lowest BCUT2D eigenvalue weighted by molar-refractivity contribution is 0.426. The number of rotatable bonds is 1. The standard InChI is InChI=1S/C6H5NOS2/c1-2-3-7-5(8)4-10-6(7)9/h1,4,8H,3H2. The molecule has 0 spiro atoms. The summed E-state index contributed by atoms with van der Waals surface area (Å²) in [7, 11) is 0. The van der Waals surface area contributed by atoms with E-state index in [0.717, 1.165) is 0 Å². The van der Waals surface area contributed by atoms with E-state index in [4.69, 9.17) is 23.7 Å². The molecular weight excluding hydrogens is 166 g/mol. The summed E-state index contributed by atoms with van der Waals surface area (Å²) in [6.07, 6.45) is 5.03. The van der Waals surface area contributed by atoms with Gasteiger partial charge in [-0.2, -0.15) is 0 Å². The Morgan fingerprint density at radius 2 is 2.60 bits per heavy atom. The molecule has 0 saturated heterocycles. The molecule has 10 heavy (non-hydrogen) atoms. The van der Waals surface area contributed by atoms with E-state index < -0.39 is 0 Å². The molecule has 1 rings (SSSR count). The van der Waals surface area contributed by atoms with Gasteiger partial charge in [0.2, 0.25) is 5.88 Å². The highest BCUT2D eigenvalue weighted by molar-refractivity contribution is 7.73. The van der Waals surface area contributed by atoms with Crippen LogP contribution in [0.15, 0.2) is 5.38 Å². The van der Waals surface area contributed by atoms with E-state index in [1.807, 2.05) is 0 Å². The van der Waals surface area contributed by atoms with Crippen LogP contribution in [0.5, 0.6) is 5.88 Å². The first-order valence-corrected chi connectivity index (χ1v) is 3.85. The van der Waals surface area contributed by atoms with Crippen LogP contribution in [-0.4, -0.2) is 9.67 Å². The highest BCUT2D eigenvalue weighted by Gasteiger charge is 1.97. The summed E-state index contributed by atoms with van der Waals surface area (Å²) in [5.41, 5.74) is 0. The van der Waals surface area contributed by atoms with Crippen molar-refractivity contribution >= 4 is 23.6 Å². The molecule has 0 radical (unpaired) electrons. The van der Waals surface area contributed by atoms with Crippen LogP contribution in [0.25, 0.3) is 0 Å². The van der Waals surface area contributed by atoms with Crippen LogP contribution in [0.1, 0.15) is 0 Å². The van der Waals surface area contributed by atoms with Crippen molar-refractivity contribution in [2.75, 3.05) is 0 Å². The second-order valence-corrected chi connectivity index (χ2v) is 3.15. The van der Waals surface area contributed by atoms with Crippen molar-refractivity contribution in [1.29, 1.82) is 0 Å². The SMILES string of the molecule is C#CCn1c(O)csc1=S. The van der Waals surface area contributed by atoms with Gasteiger partial charge in [0.25, 0.3) is 0 Å². The minimum Gasteiger partial charge on any atom is -0.494 e. The van der Waals surface area contributed by atoms with Crippen molar-refractivity contribution < 1.29 is 5.11 Å². The zero-order valence-corrected chi connectivity index (χ0v) is 6.71. The van der Waals surface area contributed by atoms with Crippen molar-refractivity contribution in [2.45, 2.75) is 6.54 Å². The normalized spacial score (nSPS) is 9.10. The maximum atomic E-state index is 9.07. The Kier molecular flexibility index (Phi) is 2.10. The van der Waals surface area contributed by atoms with Crippen molar-refractivity contribution in [1.82, 2.24) is 4.57 Å². The third kappa shape index (κ3) is 1.20. The van der Waals surface area contributed by atoms with E-state index in [-0.39, 0.29) is 5.88 Å². The Morgan fingerprint density at radius 1 is 1.90 bits per heavy atom. The molecule has 0 atom stereocenters. The molecule has 4 heteroatoms. The lowest BCUT2D eigenvalue weighted by Gasteiger charge is -1.94. The van der Waals surface area contributed by atoms with E-state index in [2.05, 4.69) is 5.92 Å². The second kappa shape index (κ2) is 2.86. The monoisotopic (exact) mass is 171 g/mol. The number of hydrogen-bond donors (Lipinski definition) is 1. The fourth-order valence-electron chi connectivity index (χ4n) is 0.561. The van der Waals surface area contributed by atoms with E-state index in [1.54, 1.807) is 5.38 Å². The molecule has 0 fully saturated rings. The van der Waals surface area contributed by atoms with Gasteiger partial charge in [-0.1, -0.05) is 5.92 Å². The summed E-state index contributed by atoms with van der Waals surface area (Å²) in [4.78, 5) is 0. The lowest BCUT2D eigenvalue weighted by atomic mass is 10.6. The minimum absolute atomic E-state index is 0.146. The highest BCUT2D eigenvalue weighted by atomic mass is 32.1. The molecule has 1 heterocycles. The van der Waals surface area contributed by atoms with Crippen LogP contribution in [0.4, 0.5) is 0 Å². The van der Waals surface area contributed by atoms with Gasteiger partial charge in [-0.25, -0.2) is 0 Å². The average molecular weight is 171 g/mol. The maximum absolute atomic E-state index is 9.07. The summed E-state index contributed by atoms with van der Waals surface area (Å²) in [5.74, 6) is 2.54. The Bertz CT molecular complexity index is 317. The van der Waals surface area contributed by atoms with E-state index >= 15 is 0 Å². The van der Waals surface area contributed by atoms with Crippen molar-refractivity contribution in [3.8, 4) is 18.2 Å². The van der Waals surface area contributed by atoms with Crippen LogP contribution < -0.4 is 0 Å². The van der Waals surface area contributed by atoms with Crippen molar-refractivity contribution in [3.05, 3.63) is 9.33 Å². The first kappa shape index (κ1) is 7.32. The molecule has 2 nitrogen and oxygen atoms in total. The predicted octanol–water partition coefficient (Wildman–Crippen LogP) is 1.62. The Balaban J connectivity index is 3.13. The molecule has 1 aromatic heterocycles. The van der Waals surface area contributed by atoms with E-state index in [9.17, 15) is 0 Å². The molecule has 0 saturated carbocycles. The molecule has 1 N–H and O–H groups in total. The third-order valence-electron chi connectivity index (χ3n) is 1.01. The van der Waals surface area contributed by atoms with Crippen molar-refractivity contribution in [3.63, 3.8) is 0 Å². The molecule has 0 bridgehead atoms. The fraction of sp³-hybridized carbons (Fsp3) is 0.167. The zero-order valence-electron chi connectivity index (χ0n) is 5.07. The third-order valence-corrected chi connectivity index (χ3v) is 2.27. The molecule has 0 aliphatic carbocycles. The molecule has 52 valence electrons. The van der Waals surface area contributed by atoms with Crippen LogP contribution >= 0.6 is 23.6 Å². The Labute approximate surface area is 67.7 Å². The Hall–Kier alpha value is -0.790. The van der Waals surface area contributed by atoms with E-state index in [0.29, 0.717) is 10.5 Å². The van der Waals surface area contributed by atoms with Crippen LogP contribution in [-0.2, 0) is 6.54 Å². The zero-order chi connectivity index (χ0) is 7.56. The summed E-state index contributed by atoms with van der Waals surface area (Å²) in [6, 6.07) is 0. The molecular formula is C6H5NOS2. The second-order valence-electron chi connectivity index (χ2n) is 1.65. The summed E-state index contributed by atoms with van der Waals surface area (Å²) >= 11 is 6.17. The van der Waals surface area contributed by atoms with Gasteiger partial charge < -0.3 is 5.11 Å². The molecule has 0 aromatic carbocycles. The lowest BCUT2D eigenvalue weighted by Crippen LogP contribution is -1.92. The van der Waals surface area contributed by atoms with Crippen LogP contribution in [0.2, 0.25) is 0 Å². The number of hydrogen-bond acceptors (Lipinski definition) is 3. The number of aromatic hydroxyl groups is 1. The molecule has 0 aliphatic rings. The Morgan fingerprint density at radius 3 is 3.00 bits per heavy atom. The molecule has 0 aliphatic heterocycles. The first-order valence-electron chi connectivity index (χ1n) is 2.56. The van der Waals surface area contributed by atoms with Gasteiger partial charge in [-0.3, -0.25) is 4.57 Å². The first-order chi connectivity index (χ1) is 4.75. The smallest absolute Gasteiger partial charge is 0.203 e. The summed E-state index contributed by atoms with van der Waals surface area (Å²) in [6.45, 7) is 0.341. The van der Waals surface area contributed by atoms with Gasteiger partial charge >= 0.3 is 0 Å². The number of terminal acetylenes is 1. The van der Waals surface area contributed by atoms with Gasteiger partial charge in [-0.15, -0.1) is 17.8 Å². The number of thiazole rings is 1. The average Bonchev–Trinajstić information content (AvgIpc) is 2.20. The topological polar surface area (TPSA) is 25.2 Å². The van der Waals surface area contributed by atoms with Gasteiger partial charge in [-0.05, 0) is 12.2 Å². The highest BCUT2D eigenvalue weighted by Crippen LogP contribution is 2.15. The molecule has 1 aromatic rings. The summed E-state index contributed by atoms with van der Waals surface area (Å²) < 4.78 is 2.11. The predicted molar refractivity (Wildman–Crippen MR) is 43.6 cm³/mol. The van der Waals surface area contributed by atoms with Crippen LogP contribution in [0, 0.1) is 16.3 Å². The van der Waals surface area contributed by atoms with Gasteiger partial charge in [0.1, 0.15) is 0 Å². The van der Waals surface area contributed by atoms with Gasteiger partial charge in [0.15, 0.2) is 3.95 Å². The molecule has 0 unspecified atom stereocenters. The fourth-order valence-corrected chi connectivity index (χ4v) is 1.48. The number of aromatic nitrogens is 1. The minimum atomic E-state index is 0.146. The van der Waals surface area contributed by atoms with Gasteiger partial charge in [0, 0.05) is 0 Å². The number of nitrogens with zero attached hydrogens (tertiary/aromatic N) is 1. The maximum Gasteiger partial charge on any atom is 0.203 e. The molecule has 0 amide bonds. The largest absolute Gasteiger partial charge is 0.494 e. The quantitative estimate of drug-likeness (QED) is 0.513. The van der Waals surface area contributed by atoms with E-state index in [1.165, 1.54) is 15.9 Å². The summed E-state index contributed by atoms with van der Waals surface area (Å²) in [5, 5.41) is 10.6. The van der Waals surface area contributed by atoms with Crippen LogP contribution in [0.3, 0.4) is 0 Å². The van der Waals surface area contributed by atoms with Crippen molar-refractivity contribution in [2.24, 2.45) is 0 Å².